The first-order valence-electron chi connectivity index (χ1n) is 7.51. The van der Waals surface area contributed by atoms with Crippen molar-refractivity contribution in [2.45, 2.75) is 13.5 Å². The predicted molar refractivity (Wildman–Crippen MR) is 91.6 cm³/mol. The van der Waals surface area contributed by atoms with Gasteiger partial charge in [0.25, 0.3) is 11.5 Å². The van der Waals surface area contributed by atoms with Crippen molar-refractivity contribution in [3.8, 4) is 0 Å². The monoisotopic (exact) mass is 337 g/mol. The molecule has 3 rings (SSSR count). The number of aromatic nitrogens is 4. The summed E-state index contributed by atoms with van der Waals surface area (Å²) in [7, 11) is 0. The number of H-pyrrole nitrogens is 1. The molecule has 0 saturated carbocycles. The normalized spacial score (nSPS) is 10.4. The molecule has 0 aliphatic rings. The summed E-state index contributed by atoms with van der Waals surface area (Å²) in [5.41, 5.74) is -0.00907. The number of carbonyl (C=O) groups excluding carboxylic acids is 1. The van der Waals surface area contributed by atoms with Gasteiger partial charge in [0.15, 0.2) is 0 Å². The first-order chi connectivity index (χ1) is 12.0. The van der Waals surface area contributed by atoms with E-state index in [2.05, 4.69) is 20.3 Å². The highest BCUT2D eigenvalue weighted by atomic mass is 16.2. The van der Waals surface area contributed by atoms with Crippen molar-refractivity contribution in [2.75, 3.05) is 5.32 Å². The van der Waals surface area contributed by atoms with Gasteiger partial charge in [0.1, 0.15) is 11.4 Å². The molecule has 0 fully saturated rings. The lowest BCUT2D eigenvalue weighted by Gasteiger charge is -2.07. The zero-order chi connectivity index (χ0) is 17.8. The van der Waals surface area contributed by atoms with Crippen LogP contribution in [0.3, 0.4) is 0 Å². The van der Waals surface area contributed by atoms with Gasteiger partial charge in [0.2, 0.25) is 0 Å². The van der Waals surface area contributed by atoms with Crippen LogP contribution in [0.5, 0.6) is 0 Å². The van der Waals surface area contributed by atoms with Gasteiger partial charge in [-0.2, -0.15) is 0 Å². The molecule has 8 nitrogen and oxygen atoms in total. The third-order valence-electron chi connectivity index (χ3n) is 3.50. The number of aromatic amines is 1. The molecule has 25 heavy (non-hydrogen) atoms. The second-order valence-corrected chi connectivity index (χ2v) is 5.39. The van der Waals surface area contributed by atoms with Crippen LogP contribution in [-0.2, 0) is 6.54 Å². The van der Waals surface area contributed by atoms with E-state index in [1.807, 2.05) is 6.92 Å². The molecule has 0 unspecified atom stereocenters. The Kier molecular flexibility index (Phi) is 4.51. The zero-order valence-corrected chi connectivity index (χ0v) is 13.4. The van der Waals surface area contributed by atoms with Gasteiger partial charge in [-0.1, -0.05) is 12.1 Å². The molecule has 0 aliphatic carbocycles. The molecule has 0 aromatic carbocycles. The lowest BCUT2D eigenvalue weighted by molar-refractivity contribution is 0.102. The van der Waals surface area contributed by atoms with Crippen LogP contribution in [0, 0.1) is 6.92 Å². The van der Waals surface area contributed by atoms with E-state index in [4.69, 9.17) is 0 Å². The van der Waals surface area contributed by atoms with Gasteiger partial charge in [0.05, 0.1) is 12.2 Å². The van der Waals surface area contributed by atoms with E-state index in [9.17, 15) is 14.4 Å². The third kappa shape index (κ3) is 3.69. The van der Waals surface area contributed by atoms with E-state index >= 15 is 0 Å². The lowest BCUT2D eigenvalue weighted by Crippen LogP contribution is -2.39. The molecule has 0 aliphatic heterocycles. The summed E-state index contributed by atoms with van der Waals surface area (Å²) in [6.07, 6.45) is 4.26. The van der Waals surface area contributed by atoms with Crippen LogP contribution < -0.4 is 16.6 Å². The minimum absolute atomic E-state index is 0.0289. The number of carbonyl (C=O) groups is 1. The number of aryl methyl sites for hydroxylation is 1. The van der Waals surface area contributed by atoms with Crippen LogP contribution in [0.4, 0.5) is 5.82 Å². The smallest absolute Gasteiger partial charge is 0.313 e. The maximum Gasteiger partial charge on any atom is 0.328 e. The fourth-order valence-electron chi connectivity index (χ4n) is 2.20. The van der Waals surface area contributed by atoms with Gasteiger partial charge in [-0.15, -0.1) is 0 Å². The molecule has 3 aromatic heterocycles. The van der Waals surface area contributed by atoms with Crippen molar-refractivity contribution in [2.24, 2.45) is 0 Å². The molecule has 0 radical (unpaired) electrons. The van der Waals surface area contributed by atoms with Crippen molar-refractivity contribution >= 4 is 11.7 Å². The zero-order valence-electron chi connectivity index (χ0n) is 13.4. The van der Waals surface area contributed by atoms with Crippen LogP contribution in [0.2, 0.25) is 0 Å². The number of amides is 1. The standard InChI is InChI=1S/C17H15N5O3/c1-11-5-6-14(19-8-11)21-15(23)13-9-20-17(25)22(16(13)24)10-12-4-2-3-7-18-12/h2-9H,10H2,1H3,(H,20,25)(H,19,21,23). The Morgan fingerprint density at radius 1 is 1.20 bits per heavy atom. The maximum atomic E-state index is 12.5. The second kappa shape index (κ2) is 6.91. The van der Waals surface area contributed by atoms with Crippen LogP contribution in [0.15, 0.2) is 58.5 Å². The number of nitrogens with zero attached hydrogens (tertiary/aromatic N) is 3. The van der Waals surface area contributed by atoms with Crippen molar-refractivity contribution in [3.63, 3.8) is 0 Å². The molecular formula is C17H15N5O3. The maximum absolute atomic E-state index is 12.5. The summed E-state index contributed by atoms with van der Waals surface area (Å²) in [4.78, 5) is 47.3. The topological polar surface area (TPSA) is 110 Å². The molecule has 8 heteroatoms. The third-order valence-corrected chi connectivity index (χ3v) is 3.50. The molecule has 2 N–H and O–H groups in total. The van der Waals surface area contributed by atoms with E-state index in [0.29, 0.717) is 11.5 Å². The molecule has 0 atom stereocenters. The highest BCUT2D eigenvalue weighted by Gasteiger charge is 2.15. The molecule has 0 saturated heterocycles. The first-order valence-corrected chi connectivity index (χ1v) is 7.51. The molecular weight excluding hydrogens is 322 g/mol. The Morgan fingerprint density at radius 3 is 2.72 bits per heavy atom. The minimum atomic E-state index is -0.695. The van der Waals surface area contributed by atoms with Gasteiger partial charge in [0, 0.05) is 18.6 Å². The quantitative estimate of drug-likeness (QED) is 0.736. The number of anilines is 1. The lowest BCUT2D eigenvalue weighted by atomic mass is 10.3. The number of hydrogen-bond acceptors (Lipinski definition) is 5. The van der Waals surface area contributed by atoms with Crippen LogP contribution in [-0.4, -0.2) is 25.4 Å². The van der Waals surface area contributed by atoms with Crippen LogP contribution in [0.1, 0.15) is 21.6 Å². The fourth-order valence-corrected chi connectivity index (χ4v) is 2.20. The van der Waals surface area contributed by atoms with Crippen molar-refractivity contribution in [1.29, 1.82) is 0 Å². The Hall–Kier alpha value is -3.55. The van der Waals surface area contributed by atoms with Crippen molar-refractivity contribution < 1.29 is 4.79 Å². The number of nitrogens with one attached hydrogen (secondary N) is 2. The summed E-state index contributed by atoms with van der Waals surface area (Å²) < 4.78 is 0.930. The second-order valence-electron chi connectivity index (χ2n) is 5.39. The summed E-state index contributed by atoms with van der Waals surface area (Å²) in [6.45, 7) is 1.84. The first kappa shape index (κ1) is 16.3. The average Bonchev–Trinajstić information content (AvgIpc) is 2.61. The predicted octanol–water partition coefficient (Wildman–Crippen LogP) is 0.936. The molecule has 1 amide bonds. The van der Waals surface area contributed by atoms with Crippen LogP contribution >= 0.6 is 0 Å². The number of pyridine rings is 2. The number of rotatable bonds is 4. The highest BCUT2D eigenvalue weighted by Crippen LogP contribution is 2.05. The number of hydrogen-bond donors (Lipinski definition) is 2. The van der Waals surface area contributed by atoms with E-state index < -0.39 is 17.2 Å². The summed E-state index contributed by atoms with van der Waals surface area (Å²) in [6, 6.07) is 8.59. The molecule has 0 spiro atoms. The van der Waals surface area contributed by atoms with Crippen molar-refractivity contribution in [3.05, 3.63) is 86.6 Å². The van der Waals surface area contributed by atoms with Gasteiger partial charge < -0.3 is 10.3 Å². The minimum Gasteiger partial charge on any atom is -0.313 e. The Bertz CT molecular complexity index is 1010. The van der Waals surface area contributed by atoms with Gasteiger partial charge in [-0.3, -0.25) is 19.1 Å². The van der Waals surface area contributed by atoms with E-state index in [1.165, 1.54) is 0 Å². The largest absolute Gasteiger partial charge is 0.328 e. The molecule has 3 heterocycles. The summed E-state index contributed by atoms with van der Waals surface area (Å²) in [5.74, 6) is -0.329. The van der Waals surface area contributed by atoms with Gasteiger partial charge in [-0.05, 0) is 30.7 Å². The van der Waals surface area contributed by atoms with E-state index in [-0.39, 0.29) is 12.1 Å². The Morgan fingerprint density at radius 2 is 2.04 bits per heavy atom. The Balaban J connectivity index is 1.90. The van der Waals surface area contributed by atoms with Gasteiger partial charge >= 0.3 is 5.69 Å². The van der Waals surface area contributed by atoms with E-state index in [0.717, 1.165) is 16.3 Å². The Labute approximate surface area is 142 Å². The molecule has 126 valence electrons. The van der Waals surface area contributed by atoms with Crippen molar-refractivity contribution in [1.82, 2.24) is 19.5 Å². The van der Waals surface area contributed by atoms with Gasteiger partial charge in [-0.25, -0.2) is 9.78 Å². The SMILES string of the molecule is Cc1ccc(NC(=O)c2c[nH]c(=O)n(Cc3ccccn3)c2=O)nc1. The summed E-state index contributed by atoms with van der Waals surface area (Å²) >= 11 is 0. The highest BCUT2D eigenvalue weighted by molar-refractivity contribution is 6.03. The molecule has 0 bridgehead atoms. The fraction of sp³-hybridized carbons (Fsp3) is 0.118. The summed E-state index contributed by atoms with van der Waals surface area (Å²) in [5, 5.41) is 2.54. The van der Waals surface area contributed by atoms with Crippen LogP contribution in [0.25, 0.3) is 0 Å². The molecule has 3 aromatic rings. The van der Waals surface area contributed by atoms with E-state index in [1.54, 1.807) is 42.7 Å². The average molecular weight is 337 g/mol.